The highest BCUT2D eigenvalue weighted by Gasteiger charge is 2.51. The standard InChI is InChI=1S/C23H31NO3/c1-15-5-4-10-23(2)12-21-18(11-20(15)23)19(22(25)27-21)14-24-13-16-6-8-17(26-3)9-7-16/h6-9,11,15,18-19,21,24H,4-5,10,12-14H2,1-3H3/t15-,18+,19-,21-,23+/m1/s1. The number of nitrogens with one attached hydrogen (secondary N) is 1. The lowest BCUT2D eigenvalue weighted by Gasteiger charge is -2.46. The number of methoxy groups -OCH3 is 1. The molecule has 0 radical (unpaired) electrons. The first kappa shape index (κ1) is 18.5. The molecule has 1 aliphatic heterocycles. The van der Waals surface area contributed by atoms with E-state index in [1.165, 1.54) is 24.8 Å². The summed E-state index contributed by atoms with van der Waals surface area (Å²) in [5, 5.41) is 3.47. The van der Waals surface area contributed by atoms with Gasteiger partial charge in [-0.2, -0.15) is 0 Å². The molecule has 0 aromatic heterocycles. The normalized spacial score (nSPS) is 35.1. The van der Waals surface area contributed by atoms with E-state index in [9.17, 15) is 4.79 Å². The van der Waals surface area contributed by atoms with Gasteiger partial charge in [0.05, 0.1) is 13.0 Å². The monoisotopic (exact) mass is 369 g/mol. The Bertz CT molecular complexity index is 726. The van der Waals surface area contributed by atoms with E-state index < -0.39 is 0 Å². The second kappa shape index (κ2) is 7.31. The number of allylic oxidation sites excluding steroid dienone is 1. The average Bonchev–Trinajstić information content (AvgIpc) is 2.95. The Balaban J connectivity index is 1.43. The van der Waals surface area contributed by atoms with Gasteiger partial charge in [0, 0.05) is 19.0 Å². The van der Waals surface area contributed by atoms with Crippen LogP contribution in [0.15, 0.2) is 35.9 Å². The zero-order valence-corrected chi connectivity index (χ0v) is 16.7. The van der Waals surface area contributed by atoms with Crippen molar-refractivity contribution in [3.8, 4) is 5.75 Å². The summed E-state index contributed by atoms with van der Waals surface area (Å²) in [7, 11) is 1.67. The summed E-state index contributed by atoms with van der Waals surface area (Å²) in [6.07, 6.45) is 7.26. The number of hydrogen-bond donors (Lipinski definition) is 1. The molecule has 5 atom stereocenters. The number of ether oxygens (including phenoxy) is 2. The van der Waals surface area contributed by atoms with E-state index in [1.807, 2.05) is 12.1 Å². The minimum atomic E-state index is -0.0700. The minimum absolute atomic E-state index is 0.0287. The molecule has 1 saturated heterocycles. The van der Waals surface area contributed by atoms with Gasteiger partial charge in [-0.05, 0) is 48.3 Å². The van der Waals surface area contributed by atoms with Crippen molar-refractivity contribution >= 4 is 5.97 Å². The Morgan fingerprint density at radius 2 is 2.07 bits per heavy atom. The molecule has 0 bridgehead atoms. The number of fused-ring (bicyclic) bond motifs is 2. The largest absolute Gasteiger partial charge is 0.497 e. The molecule has 1 aromatic carbocycles. The van der Waals surface area contributed by atoms with E-state index >= 15 is 0 Å². The van der Waals surface area contributed by atoms with Crippen molar-refractivity contribution in [3.63, 3.8) is 0 Å². The zero-order valence-electron chi connectivity index (χ0n) is 16.7. The summed E-state index contributed by atoms with van der Waals surface area (Å²) < 4.78 is 11.0. The molecule has 1 aromatic rings. The first-order valence-electron chi connectivity index (χ1n) is 10.3. The Hall–Kier alpha value is -1.81. The van der Waals surface area contributed by atoms with Gasteiger partial charge in [-0.3, -0.25) is 4.79 Å². The summed E-state index contributed by atoms with van der Waals surface area (Å²) in [6.45, 7) is 6.13. The lowest BCUT2D eigenvalue weighted by atomic mass is 9.59. The zero-order chi connectivity index (χ0) is 19.0. The molecule has 4 rings (SSSR count). The van der Waals surface area contributed by atoms with Crippen molar-refractivity contribution in [1.82, 2.24) is 5.32 Å². The second-order valence-electron chi connectivity index (χ2n) is 8.82. The van der Waals surface area contributed by atoms with Crippen molar-refractivity contribution in [2.75, 3.05) is 13.7 Å². The SMILES string of the molecule is COc1ccc(CNC[C@H]2C(=O)O[C@@H]3C[C@]4(C)CCC[C@@H](C)C4=C[C@H]32)cc1. The van der Waals surface area contributed by atoms with Gasteiger partial charge >= 0.3 is 5.97 Å². The summed E-state index contributed by atoms with van der Waals surface area (Å²) in [5.74, 6) is 1.62. The van der Waals surface area contributed by atoms with Crippen LogP contribution in [0.2, 0.25) is 0 Å². The fourth-order valence-corrected chi connectivity index (χ4v) is 5.40. The number of rotatable bonds is 5. The molecule has 4 nitrogen and oxygen atoms in total. The molecule has 0 unspecified atom stereocenters. The minimum Gasteiger partial charge on any atom is -0.497 e. The molecule has 3 aliphatic rings. The highest BCUT2D eigenvalue weighted by atomic mass is 16.6. The number of esters is 1. The van der Waals surface area contributed by atoms with E-state index in [1.54, 1.807) is 12.7 Å². The number of benzene rings is 1. The van der Waals surface area contributed by atoms with Gasteiger partial charge in [0.25, 0.3) is 0 Å². The van der Waals surface area contributed by atoms with Gasteiger partial charge in [0.15, 0.2) is 0 Å². The van der Waals surface area contributed by atoms with Crippen LogP contribution >= 0.6 is 0 Å². The Morgan fingerprint density at radius 3 is 2.81 bits per heavy atom. The second-order valence-corrected chi connectivity index (χ2v) is 8.82. The predicted molar refractivity (Wildman–Crippen MR) is 105 cm³/mol. The number of carbonyl (C=O) groups is 1. The van der Waals surface area contributed by atoms with Crippen molar-refractivity contribution in [1.29, 1.82) is 0 Å². The molecule has 146 valence electrons. The van der Waals surface area contributed by atoms with Gasteiger partial charge < -0.3 is 14.8 Å². The highest BCUT2D eigenvalue weighted by molar-refractivity contribution is 5.76. The molecule has 27 heavy (non-hydrogen) atoms. The molecule has 1 saturated carbocycles. The molecule has 2 fully saturated rings. The van der Waals surface area contributed by atoms with Crippen LogP contribution in [-0.2, 0) is 16.1 Å². The molecule has 1 heterocycles. The van der Waals surface area contributed by atoms with E-state index in [0.717, 1.165) is 18.7 Å². The van der Waals surface area contributed by atoms with Crippen LogP contribution in [0, 0.1) is 23.2 Å². The first-order chi connectivity index (χ1) is 13.0. The fourth-order valence-electron chi connectivity index (χ4n) is 5.40. The fraction of sp³-hybridized carbons (Fsp3) is 0.609. The third-order valence-electron chi connectivity index (χ3n) is 6.93. The van der Waals surface area contributed by atoms with Gasteiger partial charge in [-0.15, -0.1) is 0 Å². The van der Waals surface area contributed by atoms with Gasteiger partial charge in [0.2, 0.25) is 0 Å². The Labute approximate surface area is 162 Å². The summed E-state index contributed by atoms with van der Waals surface area (Å²) in [6, 6.07) is 8.04. The lowest BCUT2D eigenvalue weighted by molar-refractivity contribution is -0.145. The summed E-state index contributed by atoms with van der Waals surface area (Å²) in [5.41, 5.74) is 2.99. The smallest absolute Gasteiger partial charge is 0.311 e. The maximum atomic E-state index is 12.6. The third kappa shape index (κ3) is 3.52. The van der Waals surface area contributed by atoms with Crippen molar-refractivity contribution < 1.29 is 14.3 Å². The lowest BCUT2D eigenvalue weighted by Crippen LogP contribution is -2.40. The number of hydrogen-bond acceptors (Lipinski definition) is 4. The predicted octanol–water partition coefficient (Wildman–Crippen LogP) is 4.10. The molecule has 1 N–H and O–H groups in total. The summed E-state index contributed by atoms with van der Waals surface area (Å²) >= 11 is 0. The molecular weight excluding hydrogens is 338 g/mol. The highest BCUT2D eigenvalue weighted by Crippen LogP contribution is 2.53. The van der Waals surface area contributed by atoms with Crippen molar-refractivity contribution in [2.45, 2.75) is 52.2 Å². The Kier molecular flexibility index (Phi) is 5.02. The van der Waals surface area contributed by atoms with E-state index in [4.69, 9.17) is 9.47 Å². The Morgan fingerprint density at radius 1 is 1.30 bits per heavy atom. The molecular formula is C23H31NO3. The topological polar surface area (TPSA) is 47.6 Å². The average molecular weight is 370 g/mol. The van der Waals surface area contributed by atoms with Gasteiger partial charge in [-0.1, -0.05) is 44.1 Å². The molecule has 4 heteroatoms. The van der Waals surface area contributed by atoms with E-state index in [2.05, 4.69) is 37.4 Å². The third-order valence-corrected chi connectivity index (χ3v) is 6.93. The molecule has 2 aliphatic carbocycles. The van der Waals surface area contributed by atoms with Crippen LogP contribution in [-0.4, -0.2) is 25.7 Å². The van der Waals surface area contributed by atoms with E-state index in [0.29, 0.717) is 12.5 Å². The first-order valence-corrected chi connectivity index (χ1v) is 10.3. The van der Waals surface area contributed by atoms with Crippen molar-refractivity contribution in [3.05, 3.63) is 41.5 Å². The number of carbonyl (C=O) groups excluding carboxylic acids is 1. The molecule has 0 amide bonds. The van der Waals surface area contributed by atoms with Gasteiger partial charge in [0.1, 0.15) is 11.9 Å². The van der Waals surface area contributed by atoms with Crippen LogP contribution in [0.3, 0.4) is 0 Å². The van der Waals surface area contributed by atoms with E-state index in [-0.39, 0.29) is 29.3 Å². The van der Waals surface area contributed by atoms with Gasteiger partial charge in [-0.25, -0.2) is 0 Å². The maximum absolute atomic E-state index is 12.6. The summed E-state index contributed by atoms with van der Waals surface area (Å²) in [4.78, 5) is 12.6. The van der Waals surface area contributed by atoms with Crippen LogP contribution < -0.4 is 10.1 Å². The van der Waals surface area contributed by atoms with Crippen LogP contribution in [0.4, 0.5) is 0 Å². The van der Waals surface area contributed by atoms with Crippen molar-refractivity contribution in [2.24, 2.45) is 23.2 Å². The van der Waals surface area contributed by atoms with Crippen LogP contribution in [0.1, 0.15) is 45.1 Å². The quantitative estimate of drug-likeness (QED) is 0.627. The van der Waals surface area contributed by atoms with Crippen LogP contribution in [0.25, 0.3) is 0 Å². The molecule has 0 spiro atoms. The maximum Gasteiger partial charge on any atom is 0.311 e. The van der Waals surface area contributed by atoms with Crippen LogP contribution in [0.5, 0.6) is 5.75 Å².